The molecule has 0 fully saturated rings. The Balaban J connectivity index is 5.40. The number of hydrogen-bond acceptors (Lipinski definition) is 15. The van der Waals surface area contributed by atoms with Crippen molar-refractivity contribution in [3.05, 3.63) is 97.2 Å². The van der Waals surface area contributed by atoms with Gasteiger partial charge in [0.2, 0.25) is 0 Å². The van der Waals surface area contributed by atoms with Crippen LogP contribution in [0.2, 0.25) is 0 Å². The molecule has 0 aliphatic heterocycles. The summed E-state index contributed by atoms with van der Waals surface area (Å²) in [5, 5.41) is 10.6. The first-order valence-corrected chi connectivity index (χ1v) is 43.5. The average Bonchev–Trinajstić information content (AvgIpc) is 0.924. The summed E-state index contributed by atoms with van der Waals surface area (Å²) in [6, 6.07) is 0. The Bertz CT molecular complexity index is 2310. The molecular weight excluding hydrogens is 1330 g/mol. The summed E-state index contributed by atoms with van der Waals surface area (Å²) >= 11 is 0. The second-order valence-corrected chi connectivity index (χ2v) is 29.9. The number of esters is 4. The molecule has 0 radical (unpaired) electrons. The van der Waals surface area contributed by atoms with Crippen LogP contribution in [0, 0.1) is 0 Å². The van der Waals surface area contributed by atoms with Gasteiger partial charge in [-0.2, -0.15) is 0 Å². The highest BCUT2D eigenvalue weighted by Gasteiger charge is 2.30. The van der Waals surface area contributed by atoms with E-state index in [1.165, 1.54) is 109 Å². The molecule has 5 atom stereocenters. The molecule has 0 aromatic heterocycles. The third-order valence-corrected chi connectivity index (χ3v) is 18.9. The van der Waals surface area contributed by atoms with Crippen LogP contribution in [0.5, 0.6) is 0 Å². The number of hydrogen-bond donors (Lipinski definition) is 3. The Kier molecular flexibility index (Phi) is 72.3. The van der Waals surface area contributed by atoms with Crippen molar-refractivity contribution in [2.45, 2.75) is 367 Å². The van der Waals surface area contributed by atoms with E-state index in [1.54, 1.807) is 0 Å². The standard InChI is InChI=1S/C83H146O17P2/c1-5-9-13-17-21-25-29-33-36-37-38-39-42-45-48-52-56-60-64-68-81(86)94-74-79(100-83(88)70-66-62-58-54-50-46-41-35-31-27-23-19-15-11-7-3)76-98-102(91,92)96-72-77(84)71-95-101(89,90)97-75-78(99-82(87)69-65-61-57-53-49-43-32-28-24-20-16-12-8-4)73-93-80(85)67-63-59-55-51-47-44-40-34-30-26-22-18-14-10-6-2/h21,25-28,30-33,36,38-39,45,48,56,60,77-79,84H,5-20,22-24,29,34-35,37,40-44,46-47,49-55,57-59,61-76H2,1-4H3,(H,89,90)(H,91,92)/b25-21-,30-26-,31-27-,32-28-,36-33-,39-38-,48-45-,60-56-/t77-,78+,79+/m0/s1. The van der Waals surface area contributed by atoms with Crippen LogP contribution >= 0.6 is 15.6 Å². The van der Waals surface area contributed by atoms with E-state index in [0.717, 1.165) is 154 Å². The van der Waals surface area contributed by atoms with Crippen LogP contribution in [-0.2, 0) is 65.4 Å². The molecule has 0 aromatic carbocycles. The molecule has 19 heteroatoms. The van der Waals surface area contributed by atoms with Gasteiger partial charge in [-0.3, -0.25) is 37.3 Å². The molecule has 0 saturated heterocycles. The Hall–Kier alpha value is -4.02. The van der Waals surface area contributed by atoms with Gasteiger partial charge in [-0.25, -0.2) is 9.13 Å². The molecule has 590 valence electrons. The minimum atomic E-state index is -4.99. The van der Waals surface area contributed by atoms with Crippen LogP contribution in [0.15, 0.2) is 97.2 Å². The van der Waals surface area contributed by atoms with E-state index in [0.29, 0.717) is 32.1 Å². The number of ether oxygens (including phenoxy) is 4. The van der Waals surface area contributed by atoms with Gasteiger partial charge in [0.05, 0.1) is 26.4 Å². The SMILES string of the molecule is CCCCC/C=C\C/C=C\C/C=C\C/C=C\C/C=C\CCC(=O)OC[C@H](COP(=O)(O)OC[C@@H](O)COP(=O)(O)OC[C@@H](COC(=O)CCCCCCCCC/C=C\CCCCCC)OC(=O)CCCCCCC/C=C\CCCCCC)OC(=O)CCCCCCCCC/C=C\CCCCCC. The van der Waals surface area contributed by atoms with E-state index in [1.807, 2.05) is 12.2 Å². The summed E-state index contributed by atoms with van der Waals surface area (Å²) in [6.07, 6.45) is 79.7. The first kappa shape index (κ1) is 98.0. The van der Waals surface area contributed by atoms with Gasteiger partial charge in [-0.1, -0.05) is 279 Å². The smallest absolute Gasteiger partial charge is 0.462 e. The largest absolute Gasteiger partial charge is 0.472 e. The summed E-state index contributed by atoms with van der Waals surface area (Å²) in [5.74, 6) is -2.27. The fraction of sp³-hybridized carbons (Fsp3) is 0.759. The maximum absolute atomic E-state index is 13.1. The molecule has 0 spiro atoms. The van der Waals surface area contributed by atoms with Crippen molar-refractivity contribution in [3.63, 3.8) is 0 Å². The number of phosphoric ester groups is 2. The number of aliphatic hydroxyl groups is 1. The quantitative estimate of drug-likeness (QED) is 0.0169. The van der Waals surface area contributed by atoms with Crippen molar-refractivity contribution >= 4 is 39.5 Å². The Morgan fingerprint density at radius 3 is 0.824 bits per heavy atom. The fourth-order valence-electron chi connectivity index (χ4n) is 10.8. The molecule has 102 heavy (non-hydrogen) atoms. The molecule has 0 aliphatic rings. The van der Waals surface area contributed by atoms with Crippen molar-refractivity contribution in [2.75, 3.05) is 39.6 Å². The zero-order valence-corrected chi connectivity index (χ0v) is 66.3. The summed E-state index contributed by atoms with van der Waals surface area (Å²) in [7, 11) is -9.97. The zero-order valence-electron chi connectivity index (χ0n) is 64.5. The molecule has 2 unspecified atom stereocenters. The number of allylic oxidation sites excluding steroid dienone is 16. The Morgan fingerprint density at radius 1 is 0.275 bits per heavy atom. The van der Waals surface area contributed by atoms with E-state index in [2.05, 4.69) is 113 Å². The van der Waals surface area contributed by atoms with Gasteiger partial charge in [0.25, 0.3) is 0 Å². The van der Waals surface area contributed by atoms with Gasteiger partial charge in [-0.15, -0.1) is 0 Å². The van der Waals surface area contributed by atoms with Crippen LogP contribution in [0.3, 0.4) is 0 Å². The first-order chi connectivity index (χ1) is 49.7. The van der Waals surface area contributed by atoms with Crippen LogP contribution in [0.4, 0.5) is 0 Å². The summed E-state index contributed by atoms with van der Waals surface area (Å²) in [5.41, 5.74) is 0. The van der Waals surface area contributed by atoms with Crippen molar-refractivity contribution in [2.24, 2.45) is 0 Å². The first-order valence-electron chi connectivity index (χ1n) is 40.5. The van der Waals surface area contributed by atoms with Crippen molar-refractivity contribution in [1.29, 1.82) is 0 Å². The van der Waals surface area contributed by atoms with E-state index in [4.69, 9.17) is 37.0 Å². The van der Waals surface area contributed by atoms with E-state index >= 15 is 0 Å². The van der Waals surface area contributed by atoms with Crippen LogP contribution in [0.1, 0.15) is 349 Å². The molecular formula is C83H146O17P2. The van der Waals surface area contributed by atoms with Gasteiger partial charge in [0.1, 0.15) is 19.3 Å². The molecule has 0 rings (SSSR count). The number of carbonyl (C=O) groups is 4. The van der Waals surface area contributed by atoms with E-state index < -0.39 is 97.5 Å². The number of unbranched alkanes of at least 4 members (excludes halogenated alkanes) is 34. The monoisotopic (exact) mass is 1480 g/mol. The van der Waals surface area contributed by atoms with Gasteiger partial charge in [0, 0.05) is 25.7 Å². The molecule has 0 saturated carbocycles. The molecule has 0 aromatic rings. The van der Waals surface area contributed by atoms with Crippen molar-refractivity contribution < 1.29 is 80.2 Å². The third-order valence-electron chi connectivity index (χ3n) is 17.0. The molecule has 0 amide bonds. The predicted molar refractivity (Wildman–Crippen MR) is 418 cm³/mol. The maximum Gasteiger partial charge on any atom is 0.472 e. The number of aliphatic hydroxyl groups excluding tert-OH is 1. The second-order valence-electron chi connectivity index (χ2n) is 27.0. The lowest BCUT2D eigenvalue weighted by Gasteiger charge is -2.21. The van der Waals surface area contributed by atoms with Crippen LogP contribution in [-0.4, -0.2) is 96.7 Å². The lowest BCUT2D eigenvalue weighted by atomic mass is 10.1. The Morgan fingerprint density at radius 2 is 0.500 bits per heavy atom. The average molecular weight is 1480 g/mol. The van der Waals surface area contributed by atoms with Gasteiger partial charge in [0.15, 0.2) is 12.2 Å². The number of phosphoric acid groups is 2. The molecule has 0 heterocycles. The molecule has 3 N–H and O–H groups in total. The minimum Gasteiger partial charge on any atom is -0.462 e. The fourth-order valence-corrected chi connectivity index (χ4v) is 12.4. The lowest BCUT2D eigenvalue weighted by Crippen LogP contribution is -2.30. The third kappa shape index (κ3) is 74.3. The highest BCUT2D eigenvalue weighted by atomic mass is 31.2. The van der Waals surface area contributed by atoms with Crippen molar-refractivity contribution in [1.82, 2.24) is 0 Å². The van der Waals surface area contributed by atoms with Gasteiger partial charge < -0.3 is 33.8 Å². The van der Waals surface area contributed by atoms with Gasteiger partial charge in [-0.05, 0) is 141 Å². The summed E-state index contributed by atoms with van der Waals surface area (Å²) < 4.78 is 68.5. The minimum absolute atomic E-state index is 0.0378. The summed E-state index contributed by atoms with van der Waals surface area (Å²) in [4.78, 5) is 73.0. The topological polar surface area (TPSA) is 237 Å². The van der Waals surface area contributed by atoms with E-state index in [9.17, 15) is 43.2 Å². The van der Waals surface area contributed by atoms with Gasteiger partial charge >= 0.3 is 39.5 Å². The molecule has 17 nitrogen and oxygen atoms in total. The molecule has 0 bridgehead atoms. The normalized spacial score (nSPS) is 14.4. The number of carbonyl (C=O) groups excluding carboxylic acids is 4. The highest BCUT2D eigenvalue weighted by Crippen LogP contribution is 2.45. The summed E-state index contributed by atoms with van der Waals surface area (Å²) in [6.45, 7) is 4.75. The zero-order chi connectivity index (χ0) is 74.6. The highest BCUT2D eigenvalue weighted by molar-refractivity contribution is 7.47. The maximum atomic E-state index is 13.1. The lowest BCUT2D eigenvalue weighted by molar-refractivity contribution is -0.161. The van der Waals surface area contributed by atoms with E-state index in [-0.39, 0.29) is 25.7 Å². The van der Waals surface area contributed by atoms with Crippen LogP contribution < -0.4 is 0 Å². The number of rotatable bonds is 76. The predicted octanol–water partition coefficient (Wildman–Crippen LogP) is 23.6. The second kappa shape index (κ2) is 75.2. The Labute approximate surface area is 620 Å². The van der Waals surface area contributed by atoms with Crippen molar-refractivity contribution in [3.8, 4) is 0 Å². The van der Waals surface area contributed by atoms with Crippen LogP contribution in [0.25, 0.3) is 0 Å². The molecule has 0 aliphatic carbocycles.